The first-order valence-electron chi connectivity index (χ1n) is 5.72. The molecule has 0 aliphatic carbocycles. The summed E-state index contributed by atoms with van der Waals surface area (Å²) >= 11 is 7.86. The second-order valence-corrected chi connectivity index (χ2v) is 7.71. The summed E-state index contributed by atoms with van der Waals surface area (Å²) in [6.07, 6.45) is 0. The summed E-state index contributed by atoms with van der Waals surface area (Å²) in [7, 11) is 0. The molecule has 0 saturated carbocycles. The van der Waals surface area contributed by atoms with Gasteiger partial charge in [-0.05, 0) is 0 Å². The van der Waals surface area contributed by atoms with Gasteiger partial charge in [0, 0.05) is 0 Å². The minimum atomic E-state index is 0.273. The molecule has 3 rings (SSSR count). The van der Waals surface area contributed by atoms with E-state index in [1.165, 1.54) is 4.90 Å². The fraction of sp³-hybridized carbons (Fsp3) is 0. The molecule has 19 heavy (non-hydrogen) atoms. The van der Waals surface area contributed by atoms with Gasteiger partial charge in [0.15, 0.2) is 0 Å². The molecule has 3 aromatic rings. The molecule has 2 aromatic carbocycles. The maximum atomic E-state index is 5.92. The summed E-state index contributed by atoms with van der Waals surface area (Å²) in [5, 5.41) is 0.746. The zero-order chi connectivity index (χ0) is 13.1. The molecule has 0 atom stereocenters. The first kappa shape index (κ1) is 13.0. The minimum absolute atomic E-state index is 0.273. The summed E-state index contributed by atoms with van der Waals surface area (Å²) in [4.78, 5) is 3.38. The molecule has 0 radical (unpaired) electrons. The molecule has 0 fully saturated rings. The molecule has 1 nitrogen and oxygen atoms in total. The monoisotopic (exact) mass is 353 g/mol. The van der Waals surface area contributed by atoms with Crippen LogP contribution in [0.2, 0.25) is 5.02 Å². The second-order valence-electron chi connectivity index (χ2n) is 3.87. The summed E-state index contributed by atoms with van der Waals surface area (Å²) in [5.41, 5.74) is 1.08. The summed E-state index contributed by atoms with van der Waals surface area (Å²) < 4.78 is 6.99. The number of rotatable bonds is 3. The van der Waals surface area contributed by atoms with Crippen molar-refractivity contribution in [3.05, 3.63) is 64.6 Å². The topological polar surface area (TPSA) is 11.3 Å². The van der Waals surface area contributed by atoms with Crippen molar-refractivity contribution in [3.8, 4) is 11.3 Å². The Bertz CT molecular complexity index is 664. The van der Waals surface area contributed by atoms with Crippen molar-refractivity contribution in [1.82, 2.24) is 0 Å². The fourth-order valence-electron chi connectivity index (χ4n) is 1.61. The van der Waals surface area contributed by atoms with Gasteiger partial charge in [0.1, 0.15) is 0 Å². The van der Waals surface area contributed by atoms with E-state index in [1.54, 1.807) is 11.8 Å². The molecular weight excluding hydrogens is 343 g/mol. The van der Waals surface area contributed by atoms with Gasteiger partial charge in [-0.2, -0.15) is 0 Å². The Labute approximate surface area is 127 Å². The zero-order valence-electron chi connectivity index (χ0n) is 9.88. The number of halogens is 1. The Morgan fingerprint density at radius 2 is 1.68 bits per heavy atom. The van der Waals surface area contributed by atoms with Crippen molar-refractivity contribution in [2.75, 3.05) is 0 Å². The molecule has 0 saturated heterocycles. The van der Waals surface area contributed by atoms with Crippen molar-refractivity contribution in [3.63, 3.8) is 0 Å². The predicted octanol–water partition coefficient (Wildman–Crippen LogP) is 5.09. The van der Waals surface area contributed by atoms with E-state index in [1.807, 2.05) is 42.5 Å². The SMILES string of the molecule is Clc1ccc(-c2c[se]c(Sc3ccccc3)[o+]2)cc1. The van der Waals surface area contributed by atoms with E-state index in [9.17, 15) is 0 Å². The van der Waals surface area contributed by atoms with Gasteiger partial charge in [0.25, 0.3) is 0 Å². The maximum absolute atomic E-state index is 5.92. The van der Waals surface area contributed by atoms with Crippen LogP contribution in [0.15, 0.2) is 72.8 Å². The standard InChI is InChI=1S/C15H10ClOSSe/c16-12-8-6-11(7-9-12)14-10-19-15(17-14)18-13-4-2-1-3-5-13/h1-10H/q+1. The Morgan fingerprint density at radius 3 is 2.42 bits per heavy atom. The van der Waals surface area contributed by atoms with Crippen LogP contribution in [-0.4, -0.2) is 14.5 Å². The zero-order valence-corrected chi connectivity index (χ0v) is 13.2. The van der Waals surface area contributed by atoms with Crippen LogP contribution >= 0.6 is 23.4 Å². The third-order valence-electron chi connectivity index (χ3n) is 2.53. The molecule has 1 heterocycles. The Kier molecular flexibility index (Phi) is 4.09. The van der Waals surface area contributed by atoms with E-state index in [4.69, 9.17) is 16.0 Å². The van der Waals surface area contributed by atoms with Crippen LogP contribution in [0.4, 0.5) is 0 Å². The third-order valence-corrected chi connectivity index (χ3v) is 5.84. The van der Waals surface area contributed by atoms with E-state index in [0.717, 1.165) is 20.3 Å². The predicted molar refractivity (Wildman–Crippen MR) is 81.1 cm³/mol. The van der Waals surface area contributed by atoms with Gasteiger partial charge < -0.3 is 0 Å². The first-order chi connectivity index (χ1) is 9.31. The molecule has 0 unspecified atom stereocenters. The molecule has 0 aliphatic rings. The number of benzene rings is 2. The van der Waals surface area contributed by atoms with E-state index in [2.05, 4.69) is 17.1 Å². The van der Waals surface area contributed by atoms with Gasteiger partial charge in [-0.25, -0.2) is 0 Å². The van der Waals surface area contributed by atoms with Gasteiger partial charge in [-0.15, -0.1) is 0 Å². The van der Waals surface area contributed by atoms with Crippen molar-refractivity contribution in [2.45, 2.75) is 8.86 Å². The summed E-state index contributed by atoms with van der Waals surface area (Å²) in [6.45, 7) is 0. The van der Waals surface area contributed by atoms with Gasteiger partial charge in [0.05, 0.1) is 0 Å². The van der Waals surface area contributed by atoms with Crippen molar-refractivity contribution in [2.24, 2.45) is 0 Å². The van der Waals surface area contributed by atoms with E-state index in [0.29, 0.717) is 0 Å². The molecule has 0 N–H and O–H groups in total. The second kappa shape index (κ2) is 5.98. The average molecular weight is 353 g/mol. The van der Waals surface area contributed by atoms with Crippen LogP contribution < -0.4 is 0 Å². The average Bonchev–Trinajstić information content (AvgIpc) is 2.89. The van der Waals surface area contributed by atoms with Gasteiger partial charge in [0.2, 0.25) is 0 Å². The summed E-state index contributed by atoms with van der Waals surface area (Å²) in [6, 6.07) is 18.0. The van der Waals surface area contributed by atoms with Gasteiger partial charge in [-0.1, -0.05) is 0 Å². The van der Waals surface area contributed by atoms with Crippen LogP contribution in [0.5, 0.6) is 0 Å². The van der Waals surface area contributed by atoms with E-state index in [-0.39, 0.29) is 14.5 Å². The first-order valence-corrected chi connectivity index (χ1v) is 8.76. The number of hydrogen-bond acceptors (Lipinski definition) is 1. The van der Waals surface area contributed by atoms with E-state index < -0.39 is 0 Å². The van der Waals surface area contributed by atoms with Crippen molar-refractivity contribution in [1.29, 1.82) is 0 Å². The van der Waals surface area contributed by atoms with Crippen molar-refractivity contribution < 1.29 is 4.42 Å². The molecule has 0 bridgehead atoms. The molecule has 1 aromatic heterocycles. The third kappa shape index (κ3) is 3.31. The fourth-order valence-corrected chi connectivity index (χ4v) is 4.66. The quantitative estimate of drug-likeness (QED) is 0.480. The van der Waals surface area contributed by atoms with Gasteiger partial charge in [-0.3, -0.25) is 0 Å². The molecule has 94 valence electrons. The van der Waals surface area contributed by atoms with Crippen LogP contribution in [-0.2, 0) is 0 Å². The van der Waals surface area contributed by atoms with Crippen LogP contribution in [0.3, 0.4) is 0 Å². The normalized spacial score (nSPS) is 10.6. The van der Waals surface area contributed by atoms with Crippen LogP contribution in [0.25, 0.3) is 11.3 Å². The molecule has 0 amide bonds. The Balaban J connectivity index is 1.82. The molecule has 0 aliphatic heterocycles. The van der Waals surface area contributed by atoms with Gasteiger partial charge >= 0.3 is 127 Å². The van der Waals surface area contributed by atoms with Crippen LogP contribution in [0, 0.1) is 0 Å². The summed E-state index contributed by atoms with van der Waals surface area (Å²) in [5.74, 6) is 0.940. The van der Waals surface area contributed by atoms with Crippen molar-refractivity contribution >= 4 is 37.9 Å². The van der Waals surface area contributed by atoms with E-state index >= 15 is 0 Å². The molecule has 0 spiro atoms. The molecular formula is C15H10ClOSSe+. The Morgan fingerprint density at radius 1 is 0.947 bits per heavy atom. The van der Waals surface area contributed by atoms with Crippen LogP contribution in [0.1, 0.15) is 0 Å². The number of hydrogen-bond donors (Lipinski definition) is 0. The Hall–Kier alpha value is -0.991. The molecule has 4 heteroatoms.